The predicted octanol–water partition coefficient (Wildman–Crippen LogP) is 2.29. The zero-order valence-corrected chi connectivity index (χ0v) is 15.3. The largest absolute Gasteiger partial charge is 0.481 e. The van der Waals surface area contributed by atoms with Crippen molar-refractivity contribution in [3.05, 3.63) is 32.2 Å². The fraction of sp³-hybridized carbons (Fsp3) is 0.143. The van der Waals surface area contributed by atoms with Crippen LogP contribution in [-0.2, 0) is 14.4 Å². The summed E-state index contributed by atoms with van der Waals surface area (Å²) < 4.78 is 1.21. The van der Waals surface area contributed by atoms with Crippen molar-refractivity contribution in [2.75, 3.05) is 11.9 Å². The van der Waals surface area contributed by atoms with Crippen molar-refractivity contribution in [1.82, 2.24) is 4.90 Å². The van der Waals surface area contributed by atoms with Gasteiger partial charge in [0, 0.05) is 21.4 Å². The lowest BCUT2D eigenvalue weighted by Crippen LogP contribution is -2.30. The summed E-state index contributed by atoms with van der Waals surface area (Å²) in [6.45, 7) is -0.00240. The van der Waals surface area contributed by atoms with E-state index in [0.29, 0.717) is 16.8 Å². The summed E-state index contributed by atoms with van der Waals surface area (Å²) in [5, 5.41) is 11.5. The highest BCUT2D eigenvalue weighted by atomic mass is 127. The number of hydrogen-bond acceptors (Lipinski definition) is 5. The summed E-state index contributed by atoms with van der Waals surface area (Å²) in [5.41, 5.74) is 1.62. The third-order valence-electron chi connectivity index (χ3n) is 3.35. The lowest BCUT2D eigenvalue weighted by molar-refractivity contribution is -0.137. The highest BCUT2D eigenvalue weighted by Gasteiger charge is 2.39. The molecule has 3 rings (SSSR count). The van der Waals surface area contributed by atoms with E-state index >= 15 is 0 Å². The van der Waals surface area contributed by atoms with Crippen molar-refractivity contribution in [3.63, 3.8) is 0 Å². The summed E-state index contributed by atoms with van der Waals surface area (Å²) >= 11 is 8.32. The number of amides is 2. The third-order valence-corrected chi connectivity index (χ3v) is 5.47. The number of carboxylic acids is 1. The van der Waals surface area contributed by atoms with Gasteiger partial charge in [0.05, 0.1) is 16.9 Å². The summed E-state index contributed by atoms with van der Waals surface area (Å²) in [4.78, 5) is 37.0. The van der Waals surface area contributed by atoms with E-state index in [0.717, 1.165) is 15.3 Å². The van der Waals surface area contributed by atoms with Gasteiger partial charge in [0.15, 0.2) is 0 Å². The first-order chi connectivity index (χ1) is 10.9. The molecule has 0 aliphatic carbocycles. The van der Waals surface area contributed by atoms with Gasteiger partial charge in [-0.25, -0.2) is 0 Å². The van der Waals surface area contributed by atoms with E-state index in [1.54, 1.807) is 6.07 Å². The number of anilines is 1. The summed E-state index contributed by atoms with van der Waals surface area (Å²) in [7, 11) is 0. The number of nitrogens with zero attached hydrogens (tertiary/aromatic N) is 1. The average Bonchev–Trinajstić information content (AvgIpc) is 2.93. The number of thiocarbonyl (C=S) groups is 1. The number of fused-ring (bicyclic) bond motifs is 1. The molecule has 0 unspecified atom stereocenters. The molecule has 2 heterocycles. The maximum absolute atomic E-state index is 12.5. The number of benzene rings is 1. The van der Waals surface area contributed by atoms with Crippen LogP contribution in [0.1, 0.15) is 12.0 Å². The molecule has 1 saturated heterocycles. The molecule has 0 aromatic heterocycles. The van der Waals surface area contributed by atoms with Crippen LogP contribution in [-0.4, -0.2) is 38.7 Å². The molecule has 9 heteroatoms. The molecule has 2 aliphatic heterocycles. The van der Waals surface area contributed by atoms with Crippen LogP contribution in [0.15, 0.2) is 23.1 Å². The molecule has 2 N–H and O–H groups in total. The van der Waals surface area contributed by atoms with Crippen LogP contribution in [0.5, 0.6) is 0 Å². The monoisotopic (exact) mass is 460 g/mol. The molecule has 0 spiro atoms. The second kappa shape index (κ2) is 6.21. The van der Waals surface area contributed by atoms with Gasteiger partial charge in [0.25, 0.3) is 11.8 Å². The highest BCUT2D eigenvalue weighted by molar-refractivity contribution is 14.1. The highest BCUT2D eigenvalue weighted by Crippen LogP contribution is 2.42. The minimum Gasteiger partial charge on any atom is -0.481 e. The van der Waals surface area contributed by atoms with Crippen molar-refractivity contribution < 1.29 is 19.5 Å². The van der Waals surface area contributed by atoms with Crippen molar-refractivity contribution in [2.24, 2.45) is 0 Å². The van der Waals surface area contributed by atoms with E-state index in [1.807, 2.05) is 12.1 Å². The zero-order chi connectivity index (χ0) is 16.7. The standard InChI is InChI=1S/C14H9IN2O4S2/c15-6-1-2-8-7(5-6)10(12(20)16-8)11-13(21)17(14(22)23-11)4-3-9(18)19/h1-2,5H,3-4H2,(H,16,20)(H,18,19)/b11-10+. The van der Waals surface area contributed by atoms with Crippen molar-refractivity contribution in [1.29, 1.82) is 0 Å². The molecule has 23 heavy (non-hydrogen) atoms. The number of carbonyl (C=O) groups is 3. The van der Waals surface area contributed by atoms with Crippen LogP contribution >= 0.6 is 46.6 Å². The van der Waals surface area contributed by atoms with E-state index < -0.39 is 11.9 Å². The summed E-state index contributed by atoms with van der Waals surface area (Å²) in [5.74, 6) is -1.77. The number of hydrogen-bond donors (Lipinski definition) is 2. The number of carbonyl (C=O) groups excluding carboxylic acids is 2. The molecule has 118 valence electrons. The number of halogens is 1. The molecule has 2 aliphatic rings. The van der Waals surface area contributed by atoms with E-state index in [2.05, 4.69) is 27.9 Å². The Labute approximate surface area is 154 Å². The van der Waals surface area contributed by atoms with Crippen molar-refractivity contribution in [2.45, 2.75) is 6.42 Å². The second-order valence-electron chi connectivity index (χ2n) is 4.82. The van der Waals surface area contributed by atoms with Gasteiger partial charge in [0.2, 0.25) is 0 Å². The number of thioether (sulfide) groups is 1. The van der Waals surface area contributed by atoms with Crippen LogP contribution < -0.4 is 5.32 Å². The summed E-state index contributed by atoms with van der Waals surface area (Å²) in [6.07, 6.45) is -0.199. The van der Waals surface area contributed by atoms with Crippen LogP contribution in [0.4, 0.5) is 5.69 Å². The number of rotatable bonds is 3. The van der Waals surface area contributed by atoms with E-state index in [9.17, 15) is 14.4 Å². The van der Waals surface area contributed by atoms with Crippen molar-refractivity contribution in [3.8, 4) is 0 Å². The molecular weight excluding hydrogens is 451 g/mol. The molecule has 1 fully saturated rings. The minimum atomic E-state index is -1.01. The van der Waals surface area contributed by atoms with Crippen LogP contribution in [0, 0.1) is 3.57 Å². The SMILES string of the molecule is O=C(O)CCN1C(=O)/C(=C2\C(=O)Nc3ccc(I)cc32)SC1=S. The Morgan fingerprint density at radius 1 is 1.39 bits per heavy atom. The Hall–Kier alpha value is -1.46. The summed E-state index contributed by atoms with van der Waals surface area (Å²) in [6, 6.07) is 5.47. The molecule has 0 bridgehead atoms. The Kier molecular flexibility index (Phi) is 4.43. The smallest absolute Gasteiger partial charge is 0.305 e. The fourth-order valence-corrected chi connectivity index (χ4v) is 4.19. The first kappa shape index (κ1) is 16.4. The number of aliphatic carboxylic acids is 1. The topological polar surface area (TPSA) is 86.7 Å². The van der Waals surface area contributed by atoms with E-state index in [-0.39, 0.29) is 28.1 Å². The van der Waals surface area contributed by atoms with Crippen molar-refractivity contribution >= 4 is 79.9 Å². The molecule has 0 radical (unpaired) electrons. The predicted molar refractivity (Wildman–Crippen MR) is 98.9 cm³/mol. The van der Waals surface area contributed by atoms with Crippen LogP contribution in [0.2, 0.25) is 0 Å². The van der Waals surface area contributed by atoms with Gasteiger partial charge in [-0.05, 0) is 40.8 Å². The fourth-order valence-electron chi connectivity index (χ4n) is 2.31. The average molecular weight is 460 g/mol. The first-order valence-corrected chi connectivity index (χ1v) is 8.80. The van der Waals surface area contributed by atoms with E-state index in [4.69, 9.17) is 17.3 Å². The Balaban J connectivity index is 2.01. The van der Waals surface area contributed by atoms with Crippen LogP contribution in [0.25, 0.3) is 5.57 Å². The Morgan fingerprint density at radius 2 is 2.13 bits per heavy atom. The van der Waals surface area contributed by atoms with Gasteiger partial charge in [-0.1, -0.05) is 24.0 Å². The maximum Gasteiger partial charge on any atom is 0.305 e. The van der Waals surface area contributed by atoms with Gasteiger partial charge < -0.3 is 10.4 Å². The molecule has 0 atom stereocenters. The molecule has 0 saturated carbocycles. The molecule has 2 amide bonds. The van der Waals surface area contributed by atoms with Gasteiger partial charge in [-0.3, -0.25) is 19.3 Å². The van der Waals surface area contributed by atoms with Gasteiger partial charge in [-0.2, -0.15) is 0 Å². The van der Waals surface area contributed by atoms with Gasteiger partial charge in [0.1, 0.15) is 4.32 Å². The lowest BCUT2D eigenvalue weighted by atomic mass is 10.1. The Bertz CT molecular complexity index is 806. The molecule has 1 aromatic rings. The van der Waals surface area contributed by atoms with Gasteiger partial charge in [-0.15, -0.1) is 0 Å². The molecular formula is C14H9IN2O4S2. The van der Waals surface area contributed by atoms with Gasteiger partial charge >= 0.3 is 5.97 Å². The second-order valence-corrected chi connectivity index (χ2v) is 7.71. The van der Waals surface area contributed by atoms with E-state index in [1.165, 1.54) is 4.90 Å². The molecule has 6 nitrogen and oxygen atoms in total. The Morgan fingerprint density at radius 3 is 2.83 bits per heavy atom. The number of nitrogens with one attached hydrogen (secondary N) is 1. The quantitative estimate of drug-likeness (QED) is 0.409. The number of carboxylic acid groups (broad SMARTS) is 1. The molecule has 1 aromatic carbocycles. The van der Waals surface area contributed by atoms with Crippen LogP contribution in [0.3, 0.4) is 0 Å². The third kappa shape index (κ3) is 3.00. The normalized spacial score (nSPS) is 20.0. The minimum absolute atomic E-state index is 0.00240. The first-order valence-electron chi connectivity index (χ1n) is 6.49. The lowest BCUT2D eigenvalue weighted by Gasteiger charge is -2.12. The zero-order valence-electron chi connectivity index (χ0n) is 11.5. The maximum atomic E-state index is 12.5.